The SMILES string of the molecule is COC[C@@H](N)c1ccccc1[N+](=O)[O-]. The van der Waals surface area contributed by atoms with Crippen LogP contribution in [0.2, 0.25) is 0 Å². The van der Waals surface area contributed by atoms with Crippen LogP contribution in [-0.2, 0) is 4.74 Å². The fraction of sp³-hybridized carbons (Fsp3) is 0.333. The Morgan fingerprint density at radius 2 is 2.21 bits per heavy atom. The quantitative estimate of drug-likeness (QED) is 0.580. The zero-order valence-corrected chi connectivity index (χ0v) is 7.84. The molecule has 0 amide bonds. The molecule has 0 radical (unpaired) electrons. The minimum atomic E-state index is -0.457. The third-order valence-electron chi connectivity index (χ3n) is 1.88. The van der Waals surface area contributed by atoms with E-state index >= 15 is 0 Å². The van der Waals surface area contributed by atoms with Crippen LogP contribution in [0.25, 0.3) is 0 Å². The second-order valence-corrected chi connectivity index (χ2v) is 2.88. The van der Waals surface area contributed by atoms with Crippen molar-refractivity contribution < 1.29 is 9.66 Å². The van der Waals surface area contributed by atoms with Gasteiger partial charge in [-0.1, -0.05) is 18.2 Å². The summed E-state index contributed by atoms with van der Waals surface area (Å²) in [5.41, 5.74) is 6.25. The first-order valence-electron chi connectivity index (χ1n) is 4.14. The molecular weight excluding hydrogens is 184 g/mol. The van der Waals surface area contributed by atoms with Gasteiger partial charge in [-0.2, -0.15) is 0 Å². The minimum Gasteiger partial charge on any atom is -0.383 e. The number of methoxy groups -OCH3 is 1. The summed E-state index contributed by atoms with van der Waals surface area (Å²) in [4.78, 5) is 10.2. The first kappa shape index (κ1) is 10.6. The summed E-state index contributed by atoms with van der Waals surface area (Å²) in [7, 11) is 1.51. The van der Waals surface area contributed by atoms with E-state index in [0.717, 1.165) is 0 Å². The largest absolute Gasteiger partial charge is 0.383 e. The molecule has 0 saturated heterocycles. The summed E-state index contributed by atoms with van der Waals surface area (Å²) in [5.74, 6) is 0. The highest BCUT2D eigenvalue weighted by molar-refractivity contribution is 5.41. The first-order valence-corrected chi connectivity index (χ1v) is 4.14. The number of nitro groups is 1. The Morgan fingerprint density at radius 3 is 2.79 bits per heavy atom. The Hall–Kier alpha value is -1.46. The molecule has 0 unspecified atom stereocenters. The second-order valence-electron chi connectivity index (χ2n) is 2.88. The zero-order valence-electron chi connectivity index (χ0n) is 7.84. The third-order valence-corrected chi connectivity index (χ3v) is 1.88. The third kappa shape index (κ3) is 2.27. The van der Waals surface area contributed by atoms with Gasteiger partial charge >= 0.3 is 0 Å². The van der Waals surface area contributed by atoms with Gasteiger partial charge in [0.2, 0.25) is 0 Å². The molecule has 0 aromatic heterocycles. The van der Waals surface area contributed by atoms with Gasteiger partial charge < -0.3 is 10.5 Å². The van der Waals surface area contributed by atoms with Crippen LogP contribution in [-0.4, -0.2) is 18.6 Å². The zero-order chi connectivity index (χ0) is 10.6. The fourth-order valence-electron chi connectivity index (χ4n) is 1.24. The lowest BCUT2D eigenvalue weighted by Crippen LogP contribution is -2.17. The number of nitrogens with zero attached hydrogens (tertiary/aromatic N) is 1. The summed E-state index contributed by atoms with van der Waals surface area (Å²) in [6.45, 7) is 0.269. The van der Waals surface area contributed by atoms with Crippen molar-refractivity contribution in [3.63, 3.8) is 0 Å². The van der Waals surface area contributed by atoms with Crippen molar-refractivity contribution in [2.75, 3.05) is 13.7 Å². The van der Waals surface area contributed by atoms with Gasteiger partial charge in [-0.15, -0.1) is 0 Å². The lowest BCUT2D eigenvalue weighted by Gasteiger charge is -2.10. The molecule has 5 heteroatoms. The number of hydrogen-bond acceptors (Lipinski definition) is 4. The lowest BCUT2D eigenvalue weighted by atomic mass is 10.1. The van der Waals surface area contributed by atoms with Crippen LogP contribution in [0, 0.1) is 10.1 Å². The molecule has 2 N–H and O–H groups in total. The van der Waals surface area contributed by atoms with Crippen LogP contribution < -0.4 is 5.73 Å². The molecule has 1 rings (SSSR count). The molecule has 0 aliphatic heterocycles. The Bertz CT molecular complexity index is 328. The highest BCUT2D eigenvalue weighted by Crippen LogP contribution is 2.22. The van der Waals surface area contributed by atoms with Gasteiger partial charge in [0, 0.05) is 18.7 Å². The van der Waals surface area contributed by atoms with Crippen molar-refractivity contribution >= 4 is 5.69 Å². The number of benzene rings is 1. The highest BCUT2D eigenvalue weighted by atomic mass is 16.6. The molecule has 14 heavy (non-hydrogen) atoms. The predicted octanol–water partition coefficient (Wildman–Crippen LogP) is 1.24. The fourth-order valence-corrected chi connectivity index (χ4v) is 1.24. The Kier molecular flexibility index (Phi) is 3.55. The average molecular weight is 196 g/mol. The molecule has 5 nitrogen and oxygen atoms in total. The van der Waals surface area contributed by atoms with Crippen molar-refractivity contribution in [3.8, 4) is 0 Å². The summed E-state index contributed by atoms with van der Waals surface area (Å²) in [5, 5.41) is 10.6. The van der Waals surface area contributed by atoms with E-state index < -0.39 is 11.0 Å². The molecule has 0 aliphatic carbocycles. The number of hydrogen-bond donors (Lipinski definition) is 1. The summed E-state index contributed by atoms with van der Waals surface area (Å²) in [6, 6.07) is 5.95. The van der Waals surface area contributed by atoms with Crippen molar-refractivity contribution in [2.24, 2.45) is 5.73 Å². The van der Waals surface area contributed by atoms with E-state index in [2.05, 4.69) is 0 Å². The van der Waals surface area contributed by atoms with E-state index in [9.17, 15) is 10.1 Å². The number of ether oxygens (including phenoxy) is 1. The maximum atomic E-state index is 10.6. The van der Waals surface area contributed by atoms with E-state index in [1.807, 2.05) is 0 Å². The van der Waals surface area contributed by atoms with Crippen LogP contribution in [0.4, 0.5) is 5.69 Å². The Labute approximate surface area is 81.6 Å². The van der Waals surface area contributed by atoms with Crippen LogP contribution >= 0.6 is 0 Å². The van der Waals surface area contributed by atoms with Crippen LogP contribution in [0.5, 0.6) is 0 Å². The van der Waals surface area contributed by atoms with E-state index in [1.54, 1.807) is 18.2 Å². The Balaban J connectivity index is 3.00. The molecule has 0 fully saturated rings. The minimum absolute atomic E-state index is 0.0389. The molecule has 0 spiro atoms. The van der Waals surface area contributed by atoms with Gasteiger partial charge in [0.1, 0.15) is 0 Å². The number of rotatable bonds is 4. The van der Waals surface area contributed by atoms with Crippen molar-refractivity contribution in [2.45, 2.75) is 6.04 Å². The molecular formula is C9H12N2O3. The van der Waals surface area contributed by atoms with Gasteiger partial charge in [0.05, 0.1) is 17.6 Å². The standard InChI is InChI=1S/C9H12N2O3/c1-14-6-8(10)7-4-2-3-5-9(7)11(12)13/h2-5,8H,6,10H2,1H3/t8-/m1/s1. The smallest absolute Gasteiger partial charge is 0.274 e. The predicted molar refractivity (Wildman–Crippen MR) is 51.9 cm³/mol. The number of nitro benzene ring substituents is 1. The molecule has 0 saturated carbocycles. The number of para-hydroxylation sites is 1. The topological polar surface area (TPSA) is 78.4 Å². The summed E-state index contributed by atoms with van der Waals surface area (Å²) in [6.07, 6.45) is 0. The molecule has 76 valence electrons. The van der Waals surface area contributed by atoms with E-state index in [-0.39, 0.29) is 12.3 Å². The molecule has 1 aromatic carbocycles. The molecule has 1 atom stereocenters. The lowest BCUT2D eigenvalue weighted by molar-refractivity contribution is -0.385. The maximum Gasteiger partial charge on any atom is 0.274 e. The first-order chi connectivity index (χ1) is 6.66. The summed E-state index contributed by atoms with van der Waals surface area (Å²) < 4.78 is 4.85. The van der Waals surface area contributed by atoms with Gasteiger partial charge in [-0.25, -0.2) is 0 Å². The Morgan fingerprint density at radius 1 is 1.57 bits per heavy atom. The maximum absolute atomic E-state index is 10.6. The van der Waals surface area contributed by atoms with Crippen LogP contribution in [0.1, 0.15) is 11.6 Å². The van der Waals surface area contributed by atoms with Crippen LogP contribution in [0.15, 0.2) is 24.3 Å². The summed E-state index contributed by atoms with van der Waals surface area (Å²) >= 11 is 0. The number of nitrogens with two attached hydrogens (primary N) is 1. The molecule has 0 bridgehead atoms. The highest BCUT2D eigenvalue weighted by Gasteiger charge is 2.17. The van der Waals surface area contributed by atoms with Crippen LogP contribution in [0.3, 0.4) is 0 Å². The van der Waals surface area contributed by atoms with E-state index in [4.69, 9.17) is 10.5 Å². The normalized spacial score (nSPS) is 12.4. The van der Waals surface area contributed by atoms with Crippen molar-refractivity contribution in [3.05, 3.63) is 39.9 Å². The molecule has 1 aromatic rings. The monoisotopic (exact) mass is 196 g/mol. The average Bonchev–Trinajstić information content (AvgIpc) is 2.18. The van der Waals surface area contributed by atoms with Gasteiger partial charge in [0.15, 0.2) is 0 Å². The van der Waals surface area contributed by atoms with Gasteiger partial charge in [-0.05, 0) is 0 Å². The molecule has 0 heterocycles. The van der Waals surface area contributed by atoms with Gasteiger partial charge in [-0.3, -0.25) is 10.1 Å². The van der Waals surface area contributed by atoms with E-state index in [1.165, 1.54) is 13.2 Å². The van der Waals surface area contributed by atoms with E-state index in [0.29, 0.717) is 5.56 Å². The van der Waals surface area contributed by atoms with Crippen molar-refractivity contribution in [1.29, 1.82) is 0 Å². The van der Waals surface area contributed by atoms with Crippen molar-refractivity contribution in [1.82, 2.24) is 0 Å². The molecule has 0 aliphatic rings. The van der Waals surface area contributed by atoms with Gasteiger partial charge in [0.25, 0.3) is 5.69 Å². The second kappa shape index (κ2) is 4.69.